The average Bonchev–Trinajstić information content (AvgIpc) is 3.64. The van der Waals surface area contributed by atoms with E-state index in [2.05, 4.69) is 18.1 Å². The Morgan fingerprint density at radius 1 is 1.17 bits per heavy atom. The zero-order valence-corrected chi connectivity index (χ0v) is 24.7. The number of benzene rings is 1. The molecule has 0 aromatic heterocycles. The second kappa shape index (κ2) is 12.7. The number of hydrogen-bond acceptors (Lipinski definition) is 7. The van der Waals surface area contributed by atoms with Crippen molar-refractivity contribution in [1.29, 1.82) is 0 Å². The first-order valence-corrected chi connectivity index (χ1v) is 15.5. The fraction of sp³-hybridized carbons (Fsp3) is 0.581. The number of amides is 3. The molecule has 1 aromatic rings. The van der Waals surface area contributed by atoms with Gasteiger partial charge in [-0.1, -0.05) is 42.5 Å². The molecule has 1 aromatic carbocycles. The number of thioether (sulfide) groups is 1. The van der Waals surface area contributed by atoms with Gasteiger partial charge in [0.2, 0.25) is 17.7 Å². The Morgan fingerprint density at radius 2 is 1.88 bits per heavy atom. The predicted molar refractivity (Wildman–Crippen MR) is 159 cm³/mol. The first-order valence-electron chi connectivity index (χ1n) is 14.6. The largest absolute Gasteiger partial charge is 0.394 e. The summed E-state index contributed by atoms with van der Waals surface area (Å²) in [7, 11) is 1.74. The first kappa shape index (κ1) is 29.8. The van der Waals surface area contributed by atoms with Crippen LogP contribution in [0.5, 0.6) is 0 Å². The SMILES string of the molecule is C=CCN(C)C(=O)[C@@H]1[C@H]2C(=O)N([C@H](CO)c3ccccc3)C(C(=O)N(CC=C)CCN3CCOCC3)C23CC[C@H]1S3. The number of nitrogens with zero attached hydrogens (tertiary/aromatic N) is 4. The van der Waals surface area contributed by atoms with E-state index < -0.39 is 28.7 Å². The molecule has 2 bridgehead atoms. The average molecular weight is 583 g/mol. The number of aliphatic hydroxyl groups excluding tert-OH is 1. The van der Waals surface area contributed by atoms with Gasteiger partial charge in [0, 0.05) is 51.6 Å². The van der Waals surface area contributed by atoms with Crippen molar-refractivity contribution in [2.75, 3.05) is 66.1 Å². The molecule has 4 saturated heterocycles. The normalized spacial score (nSPS) is 29.7. The van der Waals surface area contributed by atoms with Crippen molar-refractivity contribution in [3.8, 4) is 0 Å². The van der Waals surface area contributed by atoms with E-state index in [4.69, 9.17) is 4.74 Å². The van der Waals surface area contributed by atoms with E-state index in [1.807, 2.05) is 30.3 Å². The van der Waals surface area contributed by atoms with Gasteiger partial charge in [-0.25, -0.2) is 0 Å². The number of likely N-dealkylation sites (N-methyl/N-ethyl adjacent to an activating group) is 1. The maximum Gasteiger partial charge on any atom is 0.247 e. The van der Waals surface area contributed by atoms with E-state index >= 15 is 0 Å². The van der Waals surface area contributed by atoms with Crippen LogP contribution in [0.3, 0.4) is 0 Å². The smallest absolute Gasteiger partial charge is 0.247 e. The molecule has 0 aliphatic carbocycles. The Morgan fingerprint density at radius 3 is 2.54 bits per heavy atom. The first-order chi connectivity index (χ1) is 19.9. The Balaban J connectivity index is 1.53. The van der Waals surface area contributed by atoms with Crippen molar-refractivity contribution in [2.24, 2.45) is 11.8 Å². The van der Waals surface area contributed by atoms with Crippen molar-refractivity contribution in [3.63, 3.8) is 0 Å². The highest BCUT2D eigenvalue weighted by Crippen LogP contribution is 2.67. The molecule has 0 saturated carbocycles. The minimum atomic E-state index is -0.792. The molecule has 222 valence electrons. The molecular weight excluding hydrogens is 540 g/mol. The molecule has 10 heteroatoms. The lowest BCUT2D eigenvalue weighted by atomic mass is 9.70. The van der Waals surface area contributed by atoms with Crippen LogP contribution >= 0.6 is 11.8 Å². The molecule has 2 unspecified atom stereocenters. The number of rotatable bonds is 12. The molecule has 1 N–H and O–H groups in total. The van der Waals surface area contributed by atoms with Crippen LogP contribution in [-0.4, -0.2) is 125 Å². The van der Waals surface area contributed by atoms with Crippen LogP contribution in [0.15, 0.2) is 55.6 Å². The van der Waals surface area contributed by atoms with Crippen molar-refractivity contribution in [1.82, 2.24) is 19.6 Å². The van der Waals surface area contributed by atoms with Gasteiger partial charge in [0.1, 0.15) is 6.04 Å². The van der Waals surface area contributed by atoms with Crippen LogP contribution in [0.4, 0.5) is 0 Å². The summed E-state index contributed by atoms with van der Waals surface area (Å²) in [6.07, 6.45) is 4.86. The number of morpholine rings is 1. The van der Waals surface area contributed by atoms with Gasteiger partial charge < -0.3 is 24.5 Å². The van der Waals surface area contributed by atoms with Gasteiger partial charge >= 0.3 is 0 Å². The van der Waals surface area contributed by atoms with Crippen molar-refractivity contribution < 1.29 is 24.2 Å². The maximum absolute atomic E-state index is 14.7. The van der Waals surface area contributed by atoms with Gasteiger partial charge in [-0.2, -0.15) is 0 Å². The molecule has 4 heterocycles. The zero-order chi connectivity index (χ0) is 29.1. The number of aliphatic hydroxyl groups is 1. The lowest BCUT2D eigenvalue weighted by Gasteiger charge is -2.40. The molecule has 6 atom stereocenters. The fourth-order valence-corrected chi connectivity index (χ4v) is 9.45. The quantitative estimate of drug-likeness (QED) is 0.376. The number of hydrogen-bond donors (Lipinski definition) is 1. The van der Waals surface area contributed by atoms with Crippen LogP contribution in [0, 0.1) is 11.8 Å². The topological polar surface area (TPSA) is 93.6 Å². The number of ether oxygens (including phenoxy) is 1. The van der Waals surface area contributed by atoms with Crippen LogP contribution < -0.4 is 0 Å². The summed E-state index contributed by atoms with van der Waals surface area (Å²) in [5, 5.41) is 10.7. The summed E-state index contributed by atoms with van der Waals surface area (Å²) < 4.78 is 4.76. The summed E-state index contributed by atoms with van der Waals surface area (Å²) in [6, 6.07) is 7.91. The third kappa shape index (κ3) is 5.35. The highest BCUT2D eigenvalue weighted by atomic mass is 32.2. The molecule has 41 heavy (non-hydrogen) atoms. The number of carbonyl (C=O) groups excluding carboxylic acids is 3. The van der Waals surface area contributed by atoms with E-state index in [0.717, 1.165) is 25.1 Å². The standard InChI is InChI=1S/C31H42N4O5S/c1-4-13-32(3)28(37)25-24-11-12-31(41-24)26(25)29(38)35(23(21-36)22-9-7-6-8-10-22)27(31)30(39)34(14-5-2)16-15-33-17-19-40-20-18-33/h4-10,23-27,36H,1-2,11-21H2,3H3/t23-,24-,25+,26+,27?,31?/m1/s1. The van der Waals surface area contributed by atoms with Crippen LogP contribution in [-0.2, 0) is 19.1 Å². The minimum absolute atomic E-state index is 0.0216. The monoisotopic (exact) mass is 582 g/mol. The molecule has 4 aliphatic rings. The summed E-state index contributed by atoms with van der Waals surface area (Å²) in [5.41, 5.74) is 0.771. The second-order valence-electron chi connectivity index (χ2n) is 11.4. The van der Waals surface area contributed by atoms with Gasteiger partial charge in [-0.15, -0.1) is 24.9 Å². The Labute approximate surface area is 247 Å². The molecule has 4 fully saturated rings. The van der Waals surface area contributed by atoms with Crippen molar-refractivity contribution in [2.45, 2.75) is 34.9 Å². The van der Waals surface area contributed by atoms with Crippen LogP contribution in [0.25, 0.3) is 0 Å². The van der Waals surface area contributed by atoms with Gasteiger partial charge in [0.05, 0.1) is 42.4 Å². The lowest BCUT2D eigenvalue weighted by Crippen LogP contribution is -2.56. The second-order valence-corrected chi connectivity index (χ2v) is 13.0. The Kier molecular flexibility index (Phi) is 9.23. The zero-order valence-electron chi connectivity index (χ0n) is 23.9. The van der Waals surface area contributed by atoms with Crippen molar-refractivity contribution in [3.05, 3.63) is 61.2 Å². The van der Waals surface area contributed by atoms with E-state index in [-0.39, 0.29) is 29.6 Å². The summed E-state index contributed by atoms with van der Waals surface area (Å²) in [6.45, 7) is 12.3. The highest BCUT2D eigenvalue weighted by molar-refractivity contribution is 8.02. The molecule has 9 nitrogen and oxygen atoms in total. The van der Waals surface area contributed by atoms with Gasteiger partial charge in [0.15, 0.2) is 0 Å². The maximum atomic E-state index is 14.7. The summed E-state index contributed by atoms with van der Waals surface area (Å²) in [5.74, 6) is -1.56. The Bertz CT molecular complexity index is 1140. The third-order valence-electron chi connectivity index (χ3n) is 9.18. The number of likely N-dealkylation sites (tertiary alicyclic amines) is 1. The van der Waals surface area contributed by atoms with E-state index in [1.165, 1.54) is 0 Å². The molecule has 5 rings (SSSR count). The molecule has 4 aliphatic heterocycles. The molecular formula is C31H42N4O5S. The molecule has 0 radical (unpaired) electrons. The highest BCUT2D eigenvalue weighted by Gasteiger charge is 2.74. The van der Waals surface area contributed by atoms with Gasteiger partial charge in [-0.05, 0) is 18.4 Å². The lowest BCUT2D eigenvalue weighted by molar-refractivity contribution is -0.147. The van der Waals surface area contributed by atoms with Crippen LogP contribution in [0.2, 0.25) is 0 Å². The van der Waals surface area contributed by atoms with Gasteiger partial charge in [0.25, 0.3) is 0 Å². The van der Waals surface area contributed by atoms with E-state index in [1.54, 1.807) is 45.7 Å². The fourth-order valence-electron chi connectivity index (χ4n) is 7.26. The summed E-state index contributed by atoms with van der Waals surface area (Å²) in [4.78, 5) is 50.3. The van der Waals surface area contributed by atoms with E-state index in [0.29, 0.717) is 45.8 Å². The molecule has 3 amide bonds. The number of carbonyl (C=O) groups is 3. The Hall–Kier alpha value is -2.66. The summed E-state index contributed by atoms with van der Waals surface area (Å²) >= 11 is 1.65. The molecule has 1 spiro atoms. The van der Waals surface area contributed by atoms with Gasteiger partial charge in [-0.3, -0.25) is 19.3 Å². The third-order valence-corrected chi connectivity index (χ3v) is 11.1. The van der Waals surface area contributed by atoms with Crippen molar-refractivity contribution >= 4 is 29.5 Å². The minimum Gasteiger partial charge on any atom is -0.394 e. The van der Waals surface area contributed by atoms with Crippen LogP contribution in [0.1, 0.15) is 24.4 Å². The van der Waals surface area contributed by atoms with E-state index in [9.17, 15) is 19.5 Å². The number of fused-ring (bicyclic) bond motifs is 1. The predicted octanol–water partition coefficient (Wildman–Crippen LogP) is 1.80.